The second-order valence-electron chi connectivity index (χ2n) is 6.13. The molecular formula is C20H31NO. The molecule has 2 nitrogen and oxygen atoms in total. The summed E-state index contributed by atoms with van der Waals surface area (Å²) in [6.45, 7) is 7.73. The lowest BCUT2D eigenvalue weighted by Gasteiger charge is -2.19. The van der Waals surface area contributed by atoms with Crippen molar-refractivity contribution in [1.29, 1.82) is 0 Å². The highest BCUT2D eigenvalue weighted by atomic mass is 16.1. The van der Waals surface area contributed by atoms with Gasteiger partial charge in [0.05, 0.1) is 6.04 Å². The second kappa shape index (κ2) is 11.1. The van der Waals surface area contributed by atoms with Crippen molar-refractivity contribution in [3.8, 4) is 0 Å². The summed E-state index contributed by atoms with van der Waals surface area (Å²) in [6.07, 6.45) is 10.0. The monoisotopic (exact) mass is 301 g/mol. The highest BCUT2D eigenvalue weighted by molar-refractivity contribution is 5.92. The molecule has 1 aromatic carbocycles. The minimum Gasteiger partial charge on any atom is -0.346 e. The third-order valence-electron chi connectivity index (χ3n) is 3.99. The minimum absolute atomic E-state index is 0.0446. The van der Waals surface area contributed by atoms with E-state index >= 15 is 0 Å². The van der Waals surface area contributed by atoms with Crippen LogP contribution in [0.2, 0.25) is 0 Å². The molecule has 0 radical (unpaired) electrons. The van der Waals surface area contributed by atoms with Crippen LogP contribution in [0.25, 0.3) is 0 Å². The van der Waals surface area contributed by atoms with Crippen molar-refractivity contribution in [1.82, 2.24) is 5.32 Å². The summed E-state index contributed by atoms with van der Waals surface area (Å²) in [7, 11) is 0. The van der Waals surface area contributed by atoms with Crippen LogP contribution in [0.1, 0.15) is 76.8 Å². The van der Waals surface area contributed by atoms with Crippen LogP contribution >= 0.6 is 0 Å². The van der Waals surface area contributed by atoms with Gasteiger partial charge in [-0.2, -0.15) is 0 Å². The van der Waals surface area contributed by atoms with Gasteiger partial charge in [0.1, 0.15) is 0 Å². The van der Waals surface area contributed by atoms with Crippen LogP contribution in [0.5, 0.6) is 0 Å². The van der Waals surface area contributed by atoms with Gasteiger partial charge >= 0.3 is 0 Å². The first-order valence-electron chi connectivity index (χ1n) is 8.66. The molecule has 1 rings (SSSR count). The van der Waals surface area contributed by atoms with Gasteiger partial charge in [-0.3, -0.25) is 4.79 Å². The Morgan fingerprint density at radius 3 is 2.23 bits per heavy atom. The van der Waals surface area contributed by atoms with E-state index in [-0.39, 0.29) is 11.9 Å². The highest BCUT2D eigenvalue weighted by Crippen LogP contribution is 2.21. The molecule has 0 fully saturated rings. The molecule has 0 aliphatic carbocycles. The first kappa shape index (κ1) is 18.5. The van der Waals surface area contributed by atoms with Gasteiger partial charge in [0.25, 0.3) is 0 Å². The summed E-state index contributed by atoms with van der Waals surface area (Å²) >= 11 is 0. The summed E-state index contributed by atoms with van der Waals surface area (Å²) in [5.41, 5.74) is 1.75. The molecule has 0 saturated heterocycles. The number of hydrogen-bond donors (Lipinski definition) is 1. The number of unbranched alkanes of at least 4 members (excludes halogenated alkanes) is 6. The maximum absolute atomic E-state index is 11.9. The number of carbonyl (C=O) groups excluding carboxylic acids is 1. The van der Waals surface area contributed by atoms with Crippen molar-refractivity contribution in [2.75, 3.05) is 0 Å². The molecule has 22 heavy (non-hydrogen) atoms. The Morgan fingerprint density at radius 2 is 1.64 bits per heavy atom. The Kier molecular flexibility index (Phi) is 9.29. The van der Waals surface area contributed by atoms with E-state index in [9.17, 15) is 4.79 Å². The maximum atomic E-state index is 11.9. The number of carbonyl (C=O) groups is 1. The van der Waals surface area contributed by atoms with Crippen molar-refractivity contribution in [2.45, 2.75) is 71.3 Å². The average Bonchev–Trinajstić information content (AvgIpc) is 2.53. The number of benzene rings is 1. The lowest BCUT2D eigenvalue weighted by atomic mass is 9.99. The fourth-order valence-electron chi connectivity index (χ4n) is 2.59. The topological polar surface area (TPSA) is 29.1 Å². The van der Waals surface area contributed by atoms with Gasteiger partial charge in [-0.15, -0.1) is 0 Å². The highest BCUT2D eigenvalue weighted by Gasteiger charge is 2.14. The first-order valence-corrected chi connectivity index (χ1v) is 8.66. The molecule has 1 atom stereocenters. The number of nitrogens with one attached hydrogen (secondary N) is 1. The summed E-state index contributed by atoms with van der Waals surface area (Å²) in [5, 5.41) is 3.11. The van der Waals surface area contributed by atoms with E-state index in [1.807, 2.05) is 18.2 Å². The van der Waals surface area contributed by atoms with Crippen LogP contribution in [0, 0.1) is 0 Å². The molecule has 1 unspecified atom stereocenters. The lowest BCUT2D eigenvalue weighted by Crippen LogP contribution is -2.28. The molecule has 122 valence electrons. The third kappa shape index (κ3) is 7.44. The number of rotatable bonds is 11. The Bertz CT molecular complexity index is 438. The Labute approximate surface area is 136 Å². The quantitative estimate of drug-likeness (QED) is 0.420. The standard InChI is InChI=1S/C20H31NO/c1-4-5-6-7-8-9-13-16-19(21-20(22)17(2)3)18-14-11-10-12-15-18/h10-12,14-15,19H,2,4-9,13,16H2,1,3H3,(H,21,22). The predicted octanol–water partition coefficient (Wildman–Crippen LogP) is 5.56. The van der Waals surface area contributed by atoms with Crippen molar-refractivity contribution in [3.05, 3.63) is 48.0 Å². The van der Waals surface area contributed by atoms with Gasteiger partial charge in [-0.05, 0) is 18.9 Å². The van der Waals surface area contributed by atoms with Gasteiger partial charge in [-0.25, -0.2) is 0 Å². The largest absolute Gasteiger partial charge is 0.346 e. The summed E-state index contributed by atoms with van der Waals surface area (Å²) < 4.78 is 0. The van der Waals surface area contributed by atoms with Gasteiger partial charge in [-0.1, -0.05) is 88.8 Å². The fourth-order valence-corrected chi connectivity index (χ4v) is 2.59. The Balaban J connectivity index is 2.42. The Morgan fingerprint density at radius 1 is 1.05 bits per heavy atom. The second-order valence-corrected chi connectivity index (χ2v) is 6.13. The lowest BCUT2D eigenvalue weighted by molar-refractivity contribution is -0.118. The van der Waals surface area contributed by atoms with E-state index in [1.54, 1.807) is 6.92 Å². The van der Waals surface area contributed by atoms with E-state index in [1.165, 1.54) is 44.1 Å². The van der Waals surface area contributed by atoms with E-state index in [2.05, 4.69) is 31.0 Å². The summed E-state index contributed by atoms with van der Waals surface area (Å²) in [4.78, 5) is 11.9. The SMILES string of the molecule is C=C(C)C(=O)NC(CCCCCCCCC)c1ccccc1. The fraction of sp³-hybridized carbons (Fsp3) is 0.550. The molecule has 0 aliphatic rings. The van der Waals surface area contributed by atoms with E-state index in [4.69, 9.17) is 0 Å². The zero-order valence-electron chi connectivity index (χ0n) is 14.2. The Hall–Kier alpha value is -1.57. The molecular weight excluding hydrogens is 270 g/mol. The van der Waals surface area contributed by atoms with Crippen molar-refractivity contribution < 1.29 is 4.79 Å². The van der Waals surface area contributed by atoms with Crippen LogP contribution in [0.3, 0.4) is 0 Å². The summed E-state index contributed by atoms with van der Waals surface area (Å²) in [5.74, 6) is -0.0446. The first-order chi connectivity index (χ1) is 10.6. The maximum Gasteiger partial charge on any atom is 0.246 e. The predicted molar refractivity (Wildman–Crippen MR) is 94.7 cm³/mol. The van der Waals surface area contributed by atoms with Gasteiger partial charge in [0, 0.05) is 5.57 Å². The van der Waals surface area contributed by atoms with E-state index < -0.39 is 0 Å². The van der Waals surface area contributed by atoms with Crippen LogP contribution in [-0.2, 0) is 4.79 Å². The van der Waals surface area contributed by atoms with Crippen LogP contribution in [0.15, 0.2) is 42.5 Å². The van der Waals surface area contributed by atoms with Gasteiger partial charge in [0.2, 0.25) is 5.91 Å². The van der Waals surface area contributed by atoms with Crippen LogP contribution in [0.4, 0.5) is 0 Å². The minimum atomic E-state index is -0.0446. The zero-order valence-corrected chi connectivity index (χ0v) is 14.2. The number of hydrogen-bond acceptors (Lipinski definition) is 1. The molecule has 0 bridgehead atoms. The average molecular weight is 301 g/mol. The molecule has 0 aliphatic heterocycles. The summed E-state index contributed by atoms with van der Waals surface area (Å²) in [6, 6.07) is 10.3. The normalized spacial score (nSPS) is 11.9. The van der Waals surface area contributed by atoms with E-state index in [0.29, 0.717) is 5.57 Å². The van der Waals surface area contributed by atoms with Crippen LogP contribution < -0.4 is 5.32 Å². The molecule has 0 spiro atoms. The van der Waals surface area contributed by atoms with Crippen molar-refractivity contribution in [3.63, 3.8) is 0 Å². The van der Waals surface area contributed by atoms with Crippen molar-refractivity contribution in [2.24, 2.45) is 0 Å². The molecule has 1 amide bonds. The van der Waals surface area contributed by atoms with Crippen molar-refractivity contribution >= 4 is 5.91 Å². The molecule has 1 aromatic rings. The molecule has 0 saturated carbocycles. The number of amides is 1. The van der Waals surface area contributed by atoms with E-state index in [0.717, 1.165) is 12.8 Å². The molecule has 2 heteroatoms. The molecule has 0 heterocycles. The third-order valence-corrected chi connectivity index (χ3v) is 3.99. The molecule has 1 N–H and O–H groups in total. The van der Waals surface area contributed by atoms with Gasteiger partial charge in [0.15, 0.2) is 0 Å². The zero-order chi connectivity index (χ0) is 16.2. The van der Waals surface area contributed by atoms with Gasteiger partial charge < -0.3 is 5.32 Å². The molecule has 0 aromatic heterocycles. The smallest absolute Gasteiger partial charge is 0.246 e. The van der Waals surface area contributed by atoms with Crippen LogP contribution in [-0.4, -0.2) is 5.91 Å².